The van der Waals surface area contributed by atoms with Gasteiger partial charge in [-0.05, 0) is 61.9 Å². The minimum absolute atomic E-state index is 0.578. The molecule has 0 saturated heterocycles. The van der Waals surface area contributed by atoms with Crippen LogP contribution in [-0.4, -0.2) is 19.6 Å². The number of nitrogens with zero attached hydrogens (tertiary/aromatic N) is 1. The van der Waals surface area contributed by atoms with Gasteiger partial charge < -0.3 is 10.2 Å². The molecule has 0 amide bonds. The van der Waals surface area contributed by atoms with E-state index in [1.807, 2.05) is 0 Å². The number of rotatable bonds is 8. The Labute approximate surface area is 131 Å². The van der Waals surface area contributed by atoms with E-state index in [0.717, 1.165) is 19.0 Å². The molecule has 1 atom stereocenters. The van der Waals surface area contributed by atoms with Crippen molar-refractivity contribution >= 4 is 5.69 Å². The molecule has 0 radical (unpaired) electrons. The van der Waals surface area contributed by atoms with Gasteiger partial charge in [0.1, 0.15) is 0 Å². The van der Waals surface area contributed by atoms with Crippen LogP contribution in [0.1, 0.15) is 52.2 Å². The summed E-state index contributed by atoms with van der Waals surface area (Å²) in [6, 6.07) is 7.44. The van der Waals surface area contributed by atoms with Crippen molar-refractivity contribution in [3.8, 4) is 0 Å². The van der Waals surface area contributed by atoms with Gasteiger partial charge in [0, 0.05) is 25.3 Å². The zero-order valence-electron chi connectivity index (χ0n) is 15.0. The predicted octanol–water partition coefficient (Wildman–Crippen LogP) is 4.61. The van der Waals surface area contributed by atoms with Gasteiger partial charge in [-0.15, -0.1) is 0 Å². The maximum Gasteiger partial charge on any atom is 0.0368 e. The van der Waals surface area contributed by atoms with E-state index >= 15 is 0 Å². The minimum Gasteiger partial charge on any atom is -0.372 e. The number of hydrogen-bond acceptors (Lipinski definition) is 2. The number of nitrogens with one attached hydrogen (secondary N) is 1. The van der Waals surface area contributed by atoms with Gasteiger partial charge in [0.2, 0.25) is 0 Å². The maximum absolute atomic E-state index is 3.53. The summed E-state index contributed by atoms with van der Waals surface area (Å²) in [5.41, 5.74) is 4.12. The molecule has 1 N–H and O–H groups in total. The predicted molar refractivity (Wildman–Crippen MR) is 95.0 cm³/mol. The first-order valence-corrected chi connectivity index (χ1v) is 8.34. The third-order valence-electron chi connectivity index (χ3n) is 4.08. The van der Waals surface area contributed by atoms with E-state index in [-0.39, 0.29) is 0 Å². The van der Waals surface area contributed by atoms with E-state index in [4.69, 9.17) is 0 Å². The second kappa shape index (κ2) is 8.43. The van der Waals surface area contributed by atoms with Crippen LogP contribution in [0.15, 0.2) is 18.2 Å². The van der Waals surface area contributed by atoms with Crippen molar-refractivity contribution in [2.75, 3.05) is 18.5 Å². The molecular formula is C19H34N2. The molecule has 0 spiro atoms. The fourth-order valence-corrected chi connectivity index (χ4v) is 2.69. The van der Waals surface area contributed by atoms with Crippen molar-refractivity contribution in [1.29, 1.82) is 0 Å². The molecule has 1 aromatic carbocycles. The molecule has 0 aromatic heterocycles. The fraction of sp³-hybridized carbons (Fsp3) is 0.684. The Kier molecular flexibility index (Phi) is 7.24. The van der Waals surface area contributed by atoms with Crippen LogP contribution < -0.4 is 10.2 Å². The lowest BCUT2D eigenvalue weighted by Gasteiger charge is -2.29. The lowest BCUT2D eigenvalue weighted by molar-refractivity contribution is 0.504. The molecule has 0 fully saturated rings. The van der Waals surface area contributed by atoms with E-state index in [1.165, 1.54) is 23.2 Å². The molecule has 1 rings (SSSR count). The molecule has 0 bridgehead atoms. The summed E-state index contributed by atoms with van der Waals surface area (Å²) in [5.74, 6) is 1.44. The zero-order chi connectivity index (χ0) is 16.0. The van der Waals surface area contributed by atoms with Crippen LogP contribution in [-0.2, 0) is 6.54 Å². The SMILES string of the molecule is Cc1cc(N(C)C(C)CC(C)C)ccc1CNCC(C)C. The van der Waals surface area contributed by atoms with Crippen molar-refractivity contribution in [2.45, 2.75) is 60.5 Å². The summed E-state index contributed by atoms with van der Waals surface area (Å²) in [5, 5.41) is 3.53. The fourth-order valence-electron chi connectivity index (χ4n) is 2.69. The average Bonchev–Trinajstić information content (AvgIpc) is 2.38. The van der Waals surface area contributed by atoms with Gasteiger partial charge in [0.25, 0.3) is 0 Å². The largest absolute Gasteiger partial charge is 0.372 e. The Morgan fingerprint density at radius 2 is 1.71 bits per heavy atom. The Bertz CT molecular complexity index is 424. The van der Waals surface area contributed by atoms with Crippen LogP contribution in [0.2, 0.25) is 0 Å². The van der Waals surface area contributed by atoms with Gasteiger partial charge in [0.15, 0.2) is 0 Å². The number of benzene rings is 1. The Morgan fingerprint density at radius 1 is 1.05 bits per heavy atom. The monoisotopic (exact) mass is 290 g/mol. The number of anilines is 1. The second-order valence-corrected chi connectivity index (χ2v) is 7.23. The molecule has 1 aromatic rings. The first-order valence-electron chi connectivity index (χ1n) is 8.34. The van der Waals surface area contributed by atoms with Gasteiger partial charge in [-0.25, -0.2) is 0 Å². The zero-order valence-corrected chi connectivity index (χ0v) is 15.0. The molecule has 120 valence electrons. The molecule has 2 nitrogen and oxygen atoms in total. The van der Waals surface area contributed by atoms with Crippen molar-refractivity contribution in [2.24, 2.45) is 11.8 Å². The van der Waals surface area contributed by atoms with Crippen LogP contribution in [0.5, 0.6) is 0 Å². The molecule has 0 aliphatic carbocycles. The average molecular weight is 290 g/mol. The molecule has 21 heavy (non-hydrogen) atoms. The summed E-state index contributed by atoms with van der Waals surface area (Å²) in [6.45, 7) is 15.6. The topological polar surface area (TPSA) is 15.3 Å². The first-order chi connectivity index (χ1) is 9.81. The maximum atomic E-state index is 3.53. The van der Waals surface area contributed by atoms with Crippen molar-refractivity contribution in [1.82, 2.24) is 5.32 Å². The Balaban J connectivity index is 2.68. The van der Waals surface area contributed by atoms with E-state index in [0.29, 0.717) is 12.0 Å². The smallest absolute Gasteiger partial charge is 0.0368 e. The molecule has 0 saturated carbocycles. The third-order valence-corrected chi connectivity index (χ3v) is 4.08. The first kappa shape index (κ1) is 18.0. The highest BCUT2D eigenvalue weighted by Gasteiger charge is 2.12. The van der Waals surface area contributed by atoms with E-state index in [1.54, 1.807) is 0 Å². The van der Waals surface area contributed by atoms with Crippen LogP contribution in [0.25, 0.3) is 0 Å². The number of hydrogen-bond donors (Lipinski definition) is 1. The minimum atomic E-state index is 0.578. The van der Waals surface area contributed by atoms with Crippen LogP contribution in [0.3, 0.4) is 0 Å². The highest BCUT2D eigenvalue weighted by atomic mass is 15.1. The molecule has 0 aliphatic rings. The Hall–Kier alpha value is -1.02. The van der Waals surface area contributed by atoms with Crippen LogP contribution in [0.4, 0.5) is 5.69 Å². The lowest BCUT2D eigenvalue weighted by Crippen LogP contribution is -2.30. The van der Waals surface area contributed by atoms with E-state index < -0.39 is 0 Å². The molecule has 0 aliphatic heterocycles. The van der Waals surface area contributed by atoms with Crippen molar-refractivity contribution < 1.29 is 0 Å². The van der Waals surface area contributed by atoms with Crippen LogP contribution in [0, 0.1) is 18.8 Å². The molecular weight excluding hydrogens is 256 g/mol. The van der Waals surface area contributed by atoms with Gasteiger partial charge in [-0.3, -0.25) is 0 Å². The molecule has 0 heterocycles. The lowest BCUT2D eigenvalue weighted by atomic mass is 10.0. The summed E-state index contributed by atoms with van der Waals surface area (Å²) in [6.07, 6.45) is 1.23. The van der Waals surface area contributed by atoms with Gasteiger partial charge in [-0.2, -0.15) is 0 Å². The summed E-state index contributed by atoms with van der Waals surface area (Å²) < 4.78 is 0. The van der Waals surface area contributed by atoms with E-state index in [9.17, 15) is 0 Å². The standard InChI is InChI=1S/C19H34N2/c1-14(2)10-17(6)21(7)19-9-8-18(16(5)11-19)13-20-12-15(3)4/h8-9,11,14-15,17,20H,10,12-13H2,1-7H3. The summed E-state index contributed by atoms with van der Waals surface area (Å²) >= 11 is 0. The summed E-state index contributed by atoms with van der Waals surface area (Å²) in [4.78, 5) is 2.40. The molecule has 1 unspecified atom stereocenters. The Morgan fingerprint density at radius 3 is 2.24 bits per heavy atom. The van der Waals surface area contributed by atoms with E-state index in [2.05, 4.69) is 77.0 Å². The molecule has 2 heteroatoms. The van der Waals surface area contributed by atoms with Gasteiger partial charge in [0.05, 0.1) is 0 Å². The quantitative estimate of drug-likeness (QED) is 0.752. The second-order valence-electron chi connectivity index (χ2n) is 7.23. The number of aryl methyl sites for hydroxylation is 1. The normalized spacial score (nSPS) is 13.0. The van der Waals surface area contributed by atoms with Crippen molar-refractivity contribution in [3.63, 3.8) is 0 Å². The van der Waals surface area contributed by atoms with Crippen LogP contribution >= 0.6 is 0 Å². The third kappa shape index (κ3) is 6.09. The highest BCUT2D eigenvalue weighted by Crippen LogP contribution is 2.22. The highest BCUT2D eigenvalue weighted by molar-refractivity contribution is 5.51. The summed E-state index contributed by atoms with van der Waals surface area (Å²) in [7, 11) is 2.21. The van der Waals surface area contributed by atoms with Crippen molar-refractivity contribution in [3.05, 3.63) is 29.3 Å². The van der Waals surface area contributed by atoms with Gasteiger partial charge in [-0.1, -0.05) is 33.8 Å². The van der Waals surface area contributed by atoms with Gasteiger partial charge >= 0.3 is 0 Å².